The fourth-order valence-corrected chi connectivity index (χ4v) is 1.12. The zero-order valence-electron chi connectivity index (χ0n) is 7.37. The van der Waals surface area contributed by atoms with Crippen molar-refractivity contribution >= 4 is 11.6 Å². The van der Waals surface area contributed by atoms with E-state index in [1.54, 1.807) is 0 Å². The van der Waals surface area contributed by atoms with Crippen molar-refractivity contribution < 1.29 is 9.84 Å². The molecular formula is C10H13ClO2. The summed E-state index contributed by atoms with van der Waals surface area (Å²) in [5, 5.41) is 8.97. The van der Waals surface area contributed by atoms with Crippen LogP contribution in [0.2, 0.25) is 0 Å². The van der Waals surface area contributed by atoms with Gasteiger partial charge in [-0.3, -0.25) is 0 Å². The Balaban J connectivity index is 2.54. The molecule has 0 aliphatic rings. The van der Waals surface area contributed by atoms with Crippen molar-refractivity contribution in [1.82, 2.24) is 0 Å². The number of alkyl halides is 1. The summed E-state index contributed by atoms with van der Waals surface area (Å²) in [6.45, 7) is 0.609. The Bertz CT molecular complexity index is 250. The number of para-hydroxylation sites is 1. The molecular weight excluding hydrogens is 188 g/mol. The van der Waals surface area contributed by atoms with E-state index < -0.39 is 0 Å². The largest absolute Gasteiger partial charge is 0.493 e. The van der Waals surface area contributed by atoms with E-state index in [1.807, 2.05) is 24.3 Å². The summed E-state index contributed by atoms with van der Waals surface area (Å²) in [5.41, 5.74) is 0.817. The average molecular weight is 201 g/mol. The number of benzene rings is 1. The second-order valence-corrected chi connectivity index (χ2v) is 3.03. The van der Waals surface area contributed by atoms with Crippen molar-refractivity contribution in [2.24, 2.45) is 0 Å². The maximum atomic E-state index is 8.97. The quantitative estimate of drug-likeness (QED) is 0.583. The molecule has 0 saturated heterocycles. The monoisotopic (exact) mass is 200 g/mol. The van der Waals surface area contributed by atoms with Crippen LogP contribution in [0.5, 0.6) is 5.75 Å². The predicted octanol–water partition coefficient (Wildman–Crippen LogP) is 2.19. The lowest BCUT2D eigenvalue weighted by molar-refractivity contribution is 0.263. The highest BCUT2D eigenvalue weighted by Gasteiger charge is 1.99. The van der Waals surface area contributed by atoms with Crippen molar-refractivity contribution in [3.05, 3.63) is 29.8 Å². The minimum absolute atomic E-state index is 0.0110. The van der Waals surface area contributed by atoms with Crippen LogP contribution >= 0.6 is 11.6 Å². The first-order valence-corrected chi connectivity index (χ1v) is 4.79. The molecule has 0 aliphatic heterocycles. The zero-order valence-corrected chi connectivity index (χ0v) is 8.13. The third-order valence-electron chi connectivity index (χ3n) is 1.68. The molecule has 2 nitrogen and oxygen atoms in total. The van der Waals surface area contributed by atoms with Gasteiger partial charge in [-0.2, -0.15) is 0 Å². The van der Waals surface area contributed by atoms with Crippen LogP contribution in [0.3, 0.4) is 0 Å². The van der Waals surface area contributed by atoms with Crippen molar-refractivity contribution in [3.63, 3.8) is 0 Å². The molecule has 1 N–H and O–H groups in total. The van der Waals surface area contributed by atoms with Gasteiger partial charge in [0.25, 0.3) is 0 Å². The molecule has 0 spiro atoms. The zero-order chi connectivity index (χ0) is 9.52. The fourth-order valence-electron chi connectivity index (χ4n) is 1.01. The molecule has 0 amide bonds. The van der Waals surface area contributed by atoms with E-state index >= 15 is 0 Å². The maximum absolute atomic E-state index is 8.97. The minimum Gasteiger partial charge on any atom is -0.493 e. The SMILES string of the molecule is OCc1ccccc1OCCCCl. The van der Waals surface area contributed by atoms with Gasteiger partial charge in [0.05, 0.1) is 13.2 Å². The Morgan fingerprint density at radius 3 is 2.77 bits per heavy atom. The van der Waals surface area contributed by atoms with Crippen molar-refractivity contribution in [1.29, 1.82) is 0 Å². The Kier molecular flexibility index (Phi) is 4.65. The lowest BCUT2D eigenvalue weighted by atomic mass is 10.2. The van der Waals surface area contributed by atoms with E-state index in [0.29, 0.717) is 12.5 Å². The van der Waals surface area contributed by atoms with Crippen LogP contribution in [0.15, 0.2) is 24.3 Å². The molecule has 0 fully saturated rings. The number of rotatable bonds is 5. The summed E-state index contributed by atoms with van der Waals surface area (Å²) in [6, 6.07) is 7.45. The standard InChI is InChI=1S/C10H13ClO2/c11-6-3-7-13-10-5-2-1-4-9(10)8-12/h1-2,4-5,12H,3,6-8H2. The van der Waals surface area contributed by atoms with Crippen LogP contribution < -0.4 is 4.74 Å². The molecule has 1 aromatic carbocycles. The van der Waals surface area contributed by atoms with E-state index in [-0.39, 0.29) is 6.61 Å². The van der Waals surface area contributed by atoms with Crippen LogP contribution in [0.4, 0.5) is 0 Å². The number of ether oxygens (including phenoxy) is 1. The summed E-state index contributed by atoms with van der Waals surface area (Å²) in [5.74, 6) is 1.34. The fraction of sp³-hybridized carbons (Fsp3) is 0.400. The molecule has 3 heteroatoms. The van der Waals surface area contributed by atoms with Gasteiger partial charge in [-0.1, -0.05) is 18.2 Å². The molecule has 0 aromatic heterocycles. The van der Waals surface area contributed by atoms with E-state index in [4.69, 9.17) is 21.4 Å². The second-order valence-electron chi connectivity index (χ2n) is 2.66. The topological polar surface area (TPSA) is 29.5 Å². The van der Waals surface area contributed by atoms with Crippen LogP contribution in [0.1, 0.15) is 12.0 Å². The molecule has 0 aliphatic carbocycles. The molecule has 0 atom stereocenters. The lowest BCUT2D eigenvalue weighted by Gasteiger charge is -2.08. The Labute approximate surface area is 83.1 Å². The highest BCUT2D eigenvalue weighted by molar-refractivity contribution is 6.17. The Morgan fingerprint density at radius 1 is 1.31 bits per heavy atom. The third kappa shape index (κ3) is 3.25. The van der Waals surface area contributed by atoms with Gasteiger partial charge >= 0.3 is 0 Å². The smallest absolute Gasteiger partial charge is 0.124 e. The number of halogens is 1. The van der Waals surface area contributed by atoms with Crippen molar-refractivity contribution in [2.75, 3.05) is 12.5 Å². The van der Waals surface area contributed by atoms with Gasteiger partial charge in [-0.25, -0.2) is 0 Å². The van der Waals surface area contributed by atoms with Gasteiger partial charge in [0.15, 0.2) is 0 Å². The van der Waals surface area contributed by atoms with E-state index in [0.717, 1.165) is 17.7 Å². The molecule has 0 heterocycles. The predicted molar refractivity (Wildman–Crippen MR) is 53.2 cm³/mol. The second kappa shape index (κ2) is 5.84. The highest BCUT2D eigenvalue weighted by Crippen LogP contribution is 2.17. The molecule has 72 valence electrons. The molecule has 1 aromatic rings. The van der Waals surface area contributed by atoms with E-state index in [1.165, 1.54) is 0 Å². The number of hydrogen-bond donors (Lipinski definition) is 1. The molecule has 0 radical (unpaired) electrons. The minimum atomic E-state index is 0.0110. The first kappa shape index (κ1) is 10.4. The molecule has 1 rings (SSSR count). The maximum Gasteiger partial charge on any atom is 0.124 e. The van der Waals surface area contributed by atoms with Crippen molar-refractivity contribution in [3.8, 4) is 5.75 Å². The van der Waals surface area contributed by atoms with Crippen LogP contribution in [0, 0.1) is 0 Å². The summed E-state index contributed by atoms with van der Waals surface area (Å²) < 4.78 is 5.42. The van der Waals surface area contributed by atoms with Crippen LogP contribution in [-0.2, 0) is 6.61 Å². The summed E-state index contributed by atoms with van der Waals surface area (Å²) in [7, 11) is 0. The Hall–Kier alpha value is -0.730. The average Bonchev–Trinajstić information content (AvgIpc) is 2.19. The molecule has 0 bridgehead atoms. The summed E-state index contributed by atoms with van der Waals surface area (Å²) in [6.07, 6.45) is 0.821. The van der Waals surface area contributed by atoms with Crippen LogP contribution in [-0.4, -0.2) is 17.6 Å². The van der Waals surface area contributed by atoms with E-state index in [9.17, 15) is 0 Å². The normalized spacial score (nSPS) is 10.0. The molecule has 0 unspecified atom stereocenters. The Morgan fingerprint density at radius 2 is 2.08 bits per heavy atom. The first-order chi connectivity index (χ1) is 6.38. The number of hydrogen-bond acceptors (Lipinski definition) is 2. The van der Waals surface area contributed by atoms with Gasteiger partial charge in [0, 0.05) is 11.4 Å². The number of aliphatic hydroxyl groups excluding tert-OH is 1. The first-order valence-electron chi connectivity index (χ1n) is 4.26. The molecule has 13 heavy (non-hydrogen) atoms. The van der Waals surface area contributed by atoms with Gasteiger partial charge in [-0.05, 0) is 12.5 Å². The van der Waals surface area contributed by atoms with Gasteiger partial charge in [-0.15, -0.1) is 11.6 Å². The third-order valence-corrected chi connectivity index (χ3v) is 1.95. The van der Waals surface area contributed by atoms with Crippen LogP contribution in [0.25, 0.3) is 0 Å². The lowest BCUT2D eigenvalue weighted by Crippen LogP contribution is -2.00. The molecule has 0 saturated carbocycles. The van der Waals surface area contributed by atoms with Crippen molar-refractivity contribution in [2.45, 2.75) is 13.0 Å². The number of aliphatic hydroxyl groups is 1. The highest BCUT2D eigenvalue weighted by atomic mass is 35.5. The van der Waals surface area contributed by atoms with E-state index in [2.05, 4.69) is 0 Å². The van der Waals surface area contributed by atoms with Gasteiger partial charge in [0.1, 0.15) is 5.75 Å². The van der Waals surface area contributed by atoms with Gasteiger partial charge in [0.2, 0.25) is 0 Å². The summed E-state index contributed by atoms with van der Waals surface area (Å²) in [4.78, 5) is 0. The summed E-state index contributed by atoms with van der Waals surface area (Å²) >= 11 is 5.51. The van der Waals surface area contributed by atoms with Gasteiger partial charge < -0.3 is 9.84 Å².